The average Bonchev–Trinajstić information content (AvgIpc) is 3.21. The molecule has 196 valence electrons. The monoisotopic (exact) mass is 506 g/mol. The van der Waals surface area contributed by atoms with Crippen LogP contribution in [0.15, 0.2) is 59.0 Å². The zero-order valence-corrected chi connectivity index (χ0v) is 20.9. The van der Waals surface area contributed by atoms with Gasteiger partial charge in [0.05, 0.1) is 5.41 Å². The van der Waals surface area contributed by atoms with Crippen molar-refractivity contribution >= 4 is 16.9 Å². The van der Waals surface area contributed by atoms with Crippen molar-refractivity contribution in [2.45, 2.75) is 51.9 Å². The van der Waals surface area contributed by atoms with Gasteiger partial charge in [-0.05, 0) is 52.3 Å². The number of halogens is 3. The number of carbonyl (C=O) groups excluding carboxylic acids is 1. The van der Waals surface area contributed by atoms with E-state index in [1.807, 2.05) is 36.4 Å². The number of benzene rings is 2. The van der Waals surface area contributed by atoms with E-state index in [1.165, 1.54) is 19.9 Å². The van der Waals surface area contributed by atoms with E-state index in [-0.39, 0.29) is 5.75 Å². The molecule has 0 aliphatic carbocycles. The van der Waals surface area contributed by atoms with Gasteiger partial charge in [-0.15, -0.1) is 0 Å². The fraction of sp³-hybridized carbons (Fsp3) is 0.444. The Morgan fingerprint density at radius 2 is 1.67 bits per heavy atom. The van der Waals surface area contributed by atoms with Crippen LogP contribution in [0.4, 0.5) is 13.2 Å². The lowest BCUT2D eigenvalue weighted by Gasteiger charge is -2.34. The Labute approximate surface area is 208 Å². The van der Waals surface area contributed by atoms with Crippen molar-refractivity contribution in [3.05, 3.63) is 54.6 Å². The molecule has 4 N–H and O–H groups in total. The Morgan fingerprint density at radius 1 is 1.00 bits per heavy atom. The first kappa shape index (κ1) is 27.5. The zero-order valence-electron chi connectivity index (χ0n) is 20.9. The number of fused-ring (bicyclic) bond motifs is 1. The van der Waals surface area contributed by atoms with Gasteiger partial charge in [0.15, 0.2) is 0 Å². The number of hydrogen-bond acceptors (Lipinski definition) is 6. The highest BCUT2D eigenvalue weighted by Gasteiger charge is 2.43. The average molecular weight is 507 g/mol. The third kappa shape index (κ3) is 7.01. The first-order chi connectivity index (χ1) is 16.7. The SMILES string of the molecule is CC(C)(N)CC(N)C(C)(C)C(=O)OCC(COc1ccc2cc(-c3ccccc3)oc2c1)C(F)(F)F. The first-order valence-corrected chi connectivity index (χ1v) is 11.7. The summed E-state index contributed by atoms with van der Waals surface area (Å²) in [6.07, 6.45) is -4.34. The minimum atomic E-state index is -4.64. The molecule has 1 aromatic heterocycles. The van der Waals surface area contributed by atoms with Crippen LogP contribution in [0.2, 0.25) is 0 Å². The van der Waals surface area contributed by atoms with Crippen LogP contribution in [0.1, 0.15) is 34.1 Å². The topological polar surface area (TPSA) is 101 Å². The van der Waals surface area contributed by atoms with Gasteiger partial charge < -0.3 is 25.4 Å². The van der Waals surface area contributed by atoms with E-state index in [1.54, 1.807) is 26.0 Å². The molecule has 2 aromatic carbocycles. The fourth-order valence-electron chi connectivity index (χ4n) is 3.62. The van der Waals surface area contributed by atoms with Gasteiger partial charge in [0.1, 0.15) is 36.2 Å². The predicted molar refractivity (Wildman–Crippen MR) is 132 cm³/mol. The number of alkyl halides is 3. The summed E-state index contributed by atoms with van der Waals surface area (Å²) in [6.45, 7) is 4.98. The summed E-state index contributed by atoms with van der Waals surface area (Å²) >= 11 is 0. The highest BCUT2D eigenvalue weighted by molar-refractivity contribution is 5.84. The third-order valence-corrected chi connectivity index (χ3v) is 6.08. The van der Waals surface area contributed by atoms with Crippen LogP contribution in [0.5, 0.6) is 5.75 Å². The third-order valence-electron chi connectivity index (χ3n) is 6.08. The van der Waals surface area contributed by atoms with Gasteiger partial charge in [-0.25, -0.2) is 0 Å². The van der Waals surface area contributed by atoms with Crippen LogP contribution >= 0.6 is 0 Å². The number of furan rings is 1. The van der Waals surface area contributed by atoms with Crippen LogP contribution in [0, 0.1) is 11.3 Å². The van der Waals surface area contributed by atoms with Gasteiger partial charge in [0.25, 0.3) is 0 Å². The quantitative estimate of drug-likeness (QED) is 0.343. The van der Waals surface area contributed by atoms with Crippen LogP contribution in [-0.4, -0.2) is 36.9 Å². The van der Waals surface area contributed by atoms with E-state index < -0.39 is 48.3 Å². The molecule has 0 aliphatic rings. The molecule has 0 fully saturated rings. The molecule has 0 aliphatic heterocycles. The van der Waals surface area contributed by atoms with Gasteiger partial charge in [-0.2, -0.15) is 13.2 Å². The first-order valence-electron chi connectivity index (χ1n) is 11.7. The smallest absolute Gasteiger partial charge is 0.398 e. The Morgan fingerprint density at radius 3 is 2.28 bits per heavy atom. The Hall–Kier alpha value is -3.04. The highest BCUT2D eigenvalue weighted by Crippen LogP contribution is 2.33. The molecule has 9 heteroatoms. The van der Waals surface area contributed by atoms with Crippen molar-refractivity contribution in [1.82, 2.24) is 0 Å². The Bertz CT molecular complexity index is 1170. The summed E-state index contributed by atoms with van der Waals surface area (Å²) in [5, 5.41) is 0.793. The van der Waals surface area contributed by atoms with E-state index in [0.29, 0.717) is 17.8 Å². The van der Waals surface area contributed by atoms with Crippen LogP contribution in [-0.2, 0) is 9.53 Å². The number of ether oxygens (including phenoxy) is 2. The van der Waals surface area contributed by atoms with Crippen molar-refractivity contribution in [3.63, 3.8) is 0 Å². The summed E-state index contributed by atoms with van der Waals surface area (Å²) in [6, 6.07) is 15.4. The van der Waals surface area contributed by atoms with Crippen molar-refractivity contribution in [1.29, 1.82) is 0 Å². The van der Waals surface area contributed by atoms with Gasteiger partial charge in [0.2, 0.25) is 0 Å². The molecule has 1 heterocycles. The molecule has 0 saturated carbocycles. The van der Waals surface area contributed by atoms with E-state index in [9.17, 15) is 18.0 Å². The molecular formula is C27H33F3N2O4. The lowest BCUT2D eigenvalue weighted by Crippen LogP contribution is -2.50. The molecule has 0 saturated heterocycles. The second-order valence-corrected chi connectivity index (χ2v) is 10.3. The lowest BCUT2D eigenvalue weighted by atomic mass is 9.79. The maximum atomic E-state index is 13.7. The molecule has 6 nitrogen and oxygen atoms in total. The summed E-state index contributed by atoms with van der Waals surface area (Å²) in [7, 11) is 0. The molecule has 3 rings (SSSR count). The Balaban J connectivity index is 1.65. The largest absolute Gasteiger partial charge is 0.493 e. The van der Waals surface area contributed by atoms with Crippen LogP contribution in [0.3, 0.4) is 0 Å². The fourth-order valence-corrected chi connectivity index (χ4v) is 3.62. The van der Waals surface area contributed by atoms with E-state index in [0.717, 1.165) is 10.9 Å². The maximum Gasteiger partial charge on any atom is 0.398 e. The lowest BCUT2D eigenvalue weighted by molar-refractivity contribution is -0.199. The number of hydrogen-bond donors (Lipinski definition) is 2. The summed E-state index contributed by atoms with van der Waals surface area (Å²) in [5.41, 5.74) is 11.6. The number of nitrogens with two attached hydrogens (primary N) is 2. The van der Waals surface area contributed by atoms with Gasteiger partial charge in [-0.3, -0.25) is 4.79 Å². The highest BCUT2D eigenvalue weighted by atomic mass is 19.4. The number of carbonyl (C=O) groups is 1. The second kappa shape index (κ2) is 10.5. The van der Waals surface area contributed by atoms with Gasteiger partial charge in [0, 0.05) is 28.6 Å². The maximum absolute atomic E-state index is 13.7. The van der Waals surface area contributed by atoms with Gasteiger partial charge >= 0.3 is 12.1 Å². The van der Waals surface area contributed by atoms with Crippen molar-refractivity contribution in [2.75, 3.05) is 13.2 Å². The summed E-state index contributed by atoms with van der Waals surface area (Å²) in [5.74, 6) is -1.99. The predicted octanol–water partition coefficient (Wildman–Crippen LogP) is 5.68. The molecule has 0 bridgehead atoms. The molecule has 2 atom stereocenters. The number of esters is 1. The molecular weight excluding hydrogens is 473 g/mol. The van der Waals surface area contributed by atoms with E-state index in [2.05, 4.69) is 0 Å². The van der Waals surface area contributed by atoms with Crippen LogP contribution < -0.4 is 16.2 Å². The molecule has 0 spiro atoms. The van der Waals surface area contributed by atoms with Crippen molar-refractivity contribution < 1.29 is 31.9 Å². The summed E-state index contributed by atoms with van der Waals surface area (Å²) < 4.78 is 57.3. The molecule has 0 amide bonds. The van der Waals surface area contributed by atoms with Gasteiger partial charge in [-0.1, -0.05) is 30.3 Å². The molecule has 0 radical (unpaired) electrons. The molecule has 2 unspecified atom stereocenters. The van der Waals surface area contributed by atoms with Crippen molar-refractivity contribution in [3.8, 4) is 17.1 Å². The molecule has 3 aromatic rings. The minimum absolute atomic E-state index is 0.213. The van der Waals surface area contributed by atoms with Crippen molar-refractivity contribution in [2.24, 2.45) is 22.8 Å². The number of rotatable bonds is 10. The van der Waals surface area contributed by atoms with E-state index in [4.69, 9.17) is 25.4 Å². The molecule has 36 heavy (non-hydrogen) atoms. The van der Waals surface area contributed by atoms with Crippen LogP contribution in [0.25, 0.3) is 22.3 Å². The second-order valence-electron chi connectivity index (χ2n) is 10.3. The summed E-state index contributed by atoms with van der Waals surface area (Å²) in [4.78, 5) is 12.6. The van der Waals surface area contributed by atoms with E-state index >= 15 is 0 Å². The Kier molecular flexibility index (Phi) is 8.05. The zero-order chi connectivity index (χ0) is 26.7. The minimum Gasteiger partial charge on any atom is -0.493 e. The standard InChI is InChI=1S/C27H33F3N2O4/c1-25(2,32)14-23(31)26(3,4)24(33)35-16-19(27(28,29)30)15-34-20-11-10-18-12-21(36-22(18)13-20)17-8-6-5-7-9-17/h5-13,19,23H,14-16,31-32H2,1-4H3. The normalized spacial score (nSPS) is 14.5.